The van der Waals surface area contributed by atoms with Gasteiger partial charge in [-0.2, -0.15) is 0 Å². The topological polar surface area (TPSA) is 83.5 Å². The maximum atomic E-state index is 11.9. The third kappa shape index (κ3) is 7.46. The van der Waals surface area contributed by atoms with Crippen molar-refractivity contribution in [3.63, 3.8) is 0 Å². The first-order valence-electron chi connectivity index (χ1n) is 12.0. The minimum atomic E-state index is -1.18. The van der Waals surface area contributed by atoms with Gasteiger partial charge in [0.2, 0.25) is 0 Å². The molecule has 0 aliphatic carbocycles. The Morgan fingerprint density at radius 2 is 1.25 bits per heavy atom. The van der Waals surface area contributed by atoms with E-state index in [0.29, 0.717) is 6.61 Å². The largest absolute Gasteiger partial charge is 0.454 e. The molecule has 36 heavy (non-hydrogen) atoms. The smallest absolute Gasteiger partial charge is 0.303 e. The summed E-state index contributed by atoms with van der Waals surface area (Å²) in [6, 6.07) is 29.0. The Kier molecular flexibility index (Phi) is 9.61. The van der Waals surface area contributed by atoms with E-state index in [1.807, 2.05) is 91.0 Å². The van der Waals surface area contributed by atoms with Gasteiger partial charge in [0.05, 0.1) is 26.4 Å². The van der Waals surface area contributed by atoms with Crippen LogP contribution >= 0.6 is 0 Å². The van der Waals surface area contributed by atoms with Gasteiger partial charge in [-0.25, -0.2) is 0 Å². The molecule has 0 bridgehead atoms. The van der Waals surface area contributed by atoms with E-state index in [4.69, 9.17) is 23.7 Å². The van der Waals surface area contributed by atoms with Gasteiger partial charge in [-0.1, -0.05) is 91.0 Å². The molecule has 0 aromatic heterocycles. The van der Waals surface area contributed by atoms with Crippen molar-refractivity contribution in [1.29, 1.82) is 0 Å². The molecule has 1 fully saturated rings. The van der Waals surface area contributed by atoms with Crippen molar-refractivity contribution in [2.24, 2.45) is 0 Å². The van der Waals surface area contributed by atoms with Gasteiger partial charge in [0.1, 0.15) is 18.3 Å². The first-order chi connectivity index (χ1) is 17.6. The number of carbonyl (C=O) groups excluding carboxylic acids is 1. The summed E-state index contributed by atoms with van der Waals surface area (Å²) in [6.07, 6.45) is -4.69. The number of aliphatic hydroxyl groups is 1. The molecule has 0 amide bonds. The van der Waals surface area contributed by atoms with Crippen LogP contribution in [0.4, 0.5) is 0 Å². The van der Waals surface area contributed by atoms with E-state index in [1.165, 1.54) is 6.92 Å². The molecule has 0 unspecified atom stereocenters. The number of carbonyl (C=O) groups is 1. The first kappa shape index (κ1) is 26.0. The SMILES string of the molecule is CC(=O)O[C@H]1[C@H](OCc2ccccc2)O[C@H](COCc2ccccc2)[C@@H](OCc2ccccc2)[C@@H]1O. The number of esters is 1. The molecular weight excluding hydrogens is 460 g/mol. The van der Waals surface area contributed by atoms with Gasteiger partial charge in [0, 0.05) is 6.92 Å². The maximum Gasteiger partial charge on any atom is 0.303 e. The summed E-state index contributed by atoms with van der Waals surface area (Å²) >= 11 is 0. The Hall–Kier alpha value is -3.07. The van der Waals surface area contributed by atoms with Crippen LogP contribution in [0.2, 0.25) is 0 Å². The summed E-state index contributed by atoms with van der Waals surface area (Å²) in [7, 11) is 0. The summed E-state index contributed by atoms with van der Waals surface area (Å²) in [4.78, 5) is 11.9. The van der Waals surface area contributed by atoms with Crippen LogP contribution in [-0.4, -0.2) is 48.4 Å². The minimum absolute atomic E-state index is 0.156. The lowest BCUT2D eigenvalue weighted by Crippen LogP contribution is -2.61. The number of hydrogen-bond acceptors (Lipinski definition) is 7. The fourth-order valence-electron chi connectivity index (χ4n) is 4.07. The zero-order valence-corrected chi connectivity index (χ0v) is 20.3. The predicted molar refractivity (Wildman–Crippen MR) is 133 cm³/mol. The van der Waals surface area contributed by atoms with Crippen LogP contribution in [0.1, 0.15) is 23.6 Å². The molecule has 1 heterocycles. The van der Waals surface area contributed by atoms with Crippen LogP contribution in [0.25, 0.3) is 0 Å². The van der Waals surface area contributed by atoms with E-state index in [9.17, 15) is 9.90 Å². The minimum Gasteiger partial charge on any atom is -0.454 e. The van der Waals surface area contributed by atoms with E-state index < -0.39 is 36.7 Å². The van der Waals surface area contributed by atoms with Gasteiger partial charge in [0.15, 0.2) is 12.4 Å². The second kappa shape index (κ2) is 13.3. The molecule has 7 heteroatoms. The van der Waals surface area contributed by atoms with E-state index in [0.717, 1.165) is 16.7 Å². The highest BCUT2D eigenvalue weighted by Crippen LogP contribution is 2.29. The van der Waals surface area contributed by atoms with Crippen molar-refractivity contribution < 1.29 is 33.6 Å². The molecule has 3 aromatic carbocycles. The monoisotopic (exact) mass is 492 g/mol. The summed E-state index contributed by atoms with van der Waals surface area (Å²) < 4.78 is 29.7. The Morgan fingerprint density at radius 3 is 1.78 bits per heavy atom. The Bertz CT molecular complexity index is 1040. The third-order valence-electron chi connectivity index (χ3n) is 5.85. The van der Waals surface area contributed by atoms with Crippen molar-refractivity contribution in [3.8, 4) is 0 Å². The van der Waals surface area contributed by atoms with Crippen molar-refractivity contribution in [2.45, 2.75) is 57.5 Å². The highest BCUT2D eigenvalue weighted by atomic mass is 16.7. The van der Waals surface area contributed by atoms with Gasteiger partial charge in [-0.05, 0) is 16.7 Å². The third-order valence-corrected chi connectivity index (χ3v) is 5.85. The molecule has 0 radical (unpaired) electrons. The summed E-state index contributed by atoms with van der Waals surface area (Å²) in [5, 5.41) is 11.3. The fraction of sp³-hybridized carbons (Fsp3) is 0.345. The zero-order chi connectivity index (χ0) is 25.2. The molecular formula is C29H32O7. The quantitative estimate of drug-likeness (QED) is 0.405. The zero-order valence-electron chi connectivity index (χ0n) is 20.3. The standard InChI is InChI=1S/C29H32O7/c1-21(30)35-28-26(31)27(33-18-23-13-7-3-8-14-23)25(20-32-17-22-11-5-2-6-12-22)36-29(28)34-19-24-15-9-4-10-16-24/h2-16,25-29,31H,17-20H2,1H3/t25-,26+,27-,28-,29-/m1/s1. The van der Waals surface area contributed by atoms with Crippen LogP contribution in [0.5, 0.6) is 0 Å². The van der Waals surface area contributed by atoms with Gasteiger partial charge in [-0.3, -0.25) is 4.79 Å². The van der Waals surface area contributed by atoms with Gasteiger partial charge >= 0.3 is 5.97 Å². The molecule has 3 aromatic rings. The molecule has 190 valence electrons. The maximum absolute atomic E-state index is 11.9. The van der Waals surface area contributed by atoms with Crippen molar-refractivity contribution >= 4 is 5.97 Å². The van der Waals surface area contributed by atoms with Crippen molar-refractivity contribution in [3.05, 3.63) is 108 Å². The van der Waals surface area contributed by atoms with Gasteiger partial charge < -0.3 is 28.8 Å². The lowest BCUT2D eigenvalue weighted by atomic mass is 9.98. The van der Waals surface area contributed by atoms with Crippen LogP contribution in [0, 0.1) is 0 Å². The molecule has 7 nitrogen and oxygen atoms in total. The van der Waals surface area contributed by atoms with Crippen LogP contribution < -0.4 is 0 Å². The lowest BCUT2D eigenvalue weighted by molar-refractivity contribution is -0.316. The number of aliphatic hydroxyl groups excluding tert-OH is 1. The number of rotatable bonds is 11. The van der Waals surface area contributed by atoms with Gasteiger partial charge in [0.25, 0.3) is 0 Å². The summed E-state index contributed by atoms with van der Waals surface area (Å²) in [5.74, 6) is -0.545. The average molecular weight is 493 g/mol. The second-order valence-electron chi connectivity index (χ2n) is 8.67. The molecule has 1 saturated heterocycles. The molecule has 1 aliphatic rings. The number of hydrogen-bond donors (Lipinski definition) is 1. The van der Waals surface area contributed by atoms with Crippen LogP contribution in [0.3, 0.4) is 0 Å². The molecule has 5 atom stereocenters. The first-order valence-corrected chi connectivity index (χ1v) is 12.0. The highest BCUT2D eigenvalue weighted by Gasteiger charge is 2.48. The van der Waals surface area contributed by atoms with Crippen LogP contribution in [0.15, 0.2) is 91.0 Å². The second-order valence-corrected chi connectivity index (χ2v) is 8.67. The Labute approximate surface area is 211 Å². The summed E-state index contributed by atoms with van der Waals surface area (Å²) in [6.45, 7) is 2.30. The van der Waals surface area contributed by atoms with Gasteiger partial charge in [-0.15, -0.1) is 0 Å². The van der Waals surface area contributed by atoms with Crippen LogP contribution in [-0.2, 0) is 48.3 Å². The highest BCUT2D eigenvalue weighted by molar-refractivity contribution is 5.66. The molecule has 0 spiro atoms. The number of ether oxygens (including phenoxy) is 5. The molecule has 1 N–H and O–H groups in total. The Balaban J connectivity index is 1.49. The predicted octanol–water partition coefficient (Wildman–Crippen LogP) is 4.02. The Morgan fingerprint density at radius 1 is 0.750 bits per heavy atom. The molecule has 0 saturated carbocycles. The van der Waals surface area contributed by atoms with Crippen molar-refractivity contribution in [2.75, 3.05) is 6.61 Å². The fourth-order valence-corrected chi connectivity index (χ4v) is 4.07. The summed E-state index contributed by atoms with van der Waals surface area (Å²) in [5.41, 5.74) is 2.89. The average Bonchev–Trinajstić information content (AvgIpc) is 2.90. The molecule has 4 rings (SSSR count). The number of benzene rings is 3. The van der Waals surface area contributed by atoms with E-state index in [1.54, 1.807) is 0 Å². The van der Waals surface area contributed by atoms with E-state index in [2.05, 4.69) is 0 Å². The normalized spacial score (nSPS) is 23.8. The van der Waals surface area contributed by atoms with E-state index in [-0.39, 0.29) is 19.8 Å². The van der Waals surface area contributed by atoms with Crippen molar-refractivity contribution in [1.82, 2.24) is 0 Å². The van der Waals surface area contributed by atoms with E-state index >= 15 is 0 Å². The lowest BCUT2D eigenvalue weighted by Gasteiger charge is -2.43. The molecule has 1 aliphatic heterocycles.